The zero-order valence-electron chi connectivity index (χ0n) is 17.1. The van der Waals surface area contributed by atoms with Crippen LogP contribution in [0.15, 0.2) is 83.8 Å². The van der Waals surface area contributed by atoms with E-state index < -0.39 is 10.0 Å². The van der Waals surface area contributed by atoms with Gasteiger partial charge < -0.3 is 14.2 Å². The third-order valence-corrected chi connectivity index (χ3v) is 6.93. The third kappa shape index (κ3) is 5.25. The van der Waals surface area contributed by atoms with Crippen LogP contribution in [-0.4, -0.2) is 52.2 Å². The second-order valence-electron chi connectivity index (χ2n) is 7.05. The number of morpholine rings is 1. The van der Waals surface area contributed by atoms with E-state index in [0.29, 0.717) is 45.3 Å². The summed E-state index contributed by atoms with van der Waals surface area (Å²) in [6, 6.07) is 24.5. The van der Waals surface area contributed by atoms with Crippen molar-refractivity contribution in [2.45, 2.75) is 4.90 Å². The predicted molar refractivity (Wildman–Crippen MR) is 119 cm³/mol. The Hall–Kier alpha value is -2.87. The second kappa shape index (κ2) is 9.96. The van der Waals surface area contributed by atoms with E-state index in [0.717, 1.165) is 16.9 Å². The van der Waals surface area contributed by atoms with Crippen LogP contribution in [0, 0.1) is 0 Å². The number of ether oxygens (including phenoxy) is 3. The van der Waals surface area contributed by atoms with Gasteiger partial charge in [0.2, 0.25) is 10.0 Å². The van der Waals surface area contributed by atoms with Crippen LogP contribution in [0.2, 0.25) is 0 Å². The van der Waals surface area contributed by atoms with Crippen molar-refractivity contribution < 1.29 is 22.6 Å². The van der Waals surface area contributed by atoms with Gasteiger partial charge in [-0.2, -0.15) is 4.31 Å². The van der Waals surface area contributed by atoms with Crippen molar-refractivity contribution in [2.24, 2.45) is 0 Å². The van der Waals surface area contributed by atoms with Gasteiger partial charge in [0.1, 0.15) is 24.7 Å². The molecule has 1 fully saturated rings. The first-order chi connectivity index (χ1) is 15.1. The molecule has 7 heteroatoms. The van der Waals surface area contributed by atoms with Gasteiger partial charge in [-0.1, -0.05) is 48.5 Å². The Morgan fingerprint density at radius 1 is 0.774 bits per heavy atom. The summed E-state index contributed by atoms with van der Waals surface area (Å²) in [5, 5.41) is 0. The van der Waals surface area contributed by atoms with Gasteiger partial charge in [-0.05, 0) is 35.9 Å². The molecule has 3 aromatic rings. The summed E-state index contributed by atoms with van der Waals surface area (Å²) < 4.78 is 43.7. The molecular formula is C24H25NO5S. The van der Waals surface area contributed by atoms with Gasteiger partial charge in [-0.3, -0.25) is 0 Å². The number of rotatable bonds is 8. The van der Waals surface area contributed by atoms with Crippen molar-refractivity contribution in [1.29, 1.82) is 0 Å². The maximum atomic E-state index is 12.7. The summed E-state index contributed by atoms with van der Waals surface area (Å²) in [5.74, 6) is 1.39. The average molecular weight is 440 g/mol. The third-order valence-electron chi connectivity index (χ3n) is 5.01. The molecule has 0 spiro atoms. The highest BCUT2D eigenvalue weighted by Gasteiger charge is 2.26. The van der Waals surface area contributed by atoms with E-state index >= 15 is 0 Å². The highest BCUT2D eigenvalue weighted by molar-refractivity contribution is 7.89. The van der Waals surface area contributed by atoms with Gasteiger partial charge in [-0.25, -0.2) is 8.42 Å². The van der Waals surface area contributed by atoms with E-state index in [1.54, 1.807) is 24.3 Å². The molecule has 162 valence electrons. The highest BCUT2D eigenvalue weighted by Crippen LogP contribution is 2.29. The second-order valence-corrected chi connectivity index (χ2v) is 8.98. The molecule has 0 aromatic heterocycles. The van der Waals surface area contributed by atoms with E-state index in [4.69, 9.17) is 14.2 Å². The first kappa shape index (κ1) is 21.4. The molecule has 3 aromatic carbocycles. The molecule has 0 atom stereocenters. The van der Waals surface area contributed by atoms with Gasteiger partial charge in [0.05, 0.1) is 18.1 Å². The summed E-state index contributed by atoms with van der Waals surface area (Å²) in [7, 11) is -3.50. The van der Waals surface area contributed by atoms with Crippen molar-refractivity contribution in [3.8, 4) is 22.6 Å². The summed E-state index contributed by atoms with van der Waals surface area (Å²) in [6.45, 7) is 2.32. The SMILES string of the molecule is O=S(=O)(c1ccc(OCCOc2ccccc2-c2ccccc2)cc1)N1CCOCC1. The minimum Gasteiger partial charge on any atom is -0.490 e. The Morgan fingerprint density at radius 3 is 2.16 bits per heavy atom. The smallest absolute Gasteiger partial charge is 0.243 e. The summed E-state index contributed by atoms with van der Waals surface area (Å²) >= 11 is 0. The molecule has 1 aliphatic rings. The van der Waals surface area contributed by atoms with Gasteiger partial charge in [0, 0.05) is 18.7 Å². The molecule has 0 amide bonds. The highest BCUT2D eigenvalue weighted by atomic mass is 32.2. The van der Waals surface area contributed by atoms with Crippen LogP contribution in [0.5, 0.6) is 11.5 Å². The molecule has 31 heavy (non-hydrogen) atoms. The van der Waals surface area contributed by atoms with E-state index in [1.165, 1.54) is 4.31 Å². The molecule has 0 aliphatic carbocycles. The van der Waals surface area contributed by atoms with Crippen LogP contribution < -0.4 is 9.47 Å². The van der Waals surface area contributed by atoms with Crippen LogP contribution >= 0.6 is 0 Å². The normalized spacial score (nSPS) is 14.8. The number of hydrogen-bond donors (Lipinski definition) is 0. The maximum Gasteiger partial charge on any atom is 0.243 e. The molecule has 6 nitrogen and oxygen atoms in total. The summed E-state index contributed by atoms with van der Waals surface area (Å²) in [5.41, 5.74) is 2.12. The topological polar surface area (TPSA) is 65.1 Å². The molecular weight excluding hydrogens is 414 g/mol. The fourth-order valence-corrected chi connectivity index (χ4v) is 4.81. The number of benzene rings is 3. The molecule has 1 heterocycles. The van der Waals surface area contributed by atoms with Crippen molar-refractivity contribution in [1.82, 2.24) is 4.31 Å². The van der Waals surface area contributed by atoms with Gasteiger partial charge in [-0.15, -0.1) is 0 Å². The van der Waals surface area contributed by atoms with Gasteiger partial charge in [0.25, 0.3) is 0 Å². The quantitative estimate of drug-likeness (QED) is 0.499. The lowest BCUT2D eigenvalue weighted by Crippen LogP contribution is -2.40. The zero-order valence-corrected chi connectivity index (χ0v) is 18.0. The van der Waals surface area contributed by atoms with Gasteiger partial charge in [0.15, 0.2) is 0 Å². The molecule has 0 bridgehead atoms. The van der Waals surface area contributed by atoms with Crippen molar-refractivity contribution in [3.05, 3.63) is 78.9 Å². The lowest BCUT2D eigenvalue weighted by Gasteiger charge is -2.26. The Kier molecular flexibility index (Phi) is 6.86. The zero-order chi connectivity index (χ0) is 21.5. The lowest BCUT2D eigenvalue weighted by atomic mass is 10.1. The molecule has 0 radical (unpaired) electrons. The molecule has 4 rings (SSSR count). The largest absolute Gasteiger partial charge is 0.490 e. The minimum atomic E-state index is -3.50. The Labute approximate surface area is 183 Å². The van der Waals surface area contributed by atoms with E-state index in [1.807, 2.05) is 54.6 Å². The summed E-state index contributed by atoms with van der Waals surface area (Å²) in [4.78, 5) is 0.259. The first-order valence-corrected chi connectivity index (χ1v) is 11.7. The van der Waals surface area contributed by atoms with Gasteiger partial charge >= 0.3 is 0 Å². The standard InChI is InChI=1S/C24H25NO5S/c26-31(27,25-14-16-28-17-15-25)22-12-10-21(11-13-22)29-18-19-30-24-9-5-4-8-23(24)20-6-2-1-3-7-20/h1-13H,14-19H2. The molecule has 0 N–H and O–H groups in total. The van der Waals surface area contributed by atoms with Crippen LogP contribution in [-0.2, 0) is 14.8 Å². The Bertz CT molecular complexity index is 1080. The van der Waals surface area contributed by atoms with E-state index in [-0.39, 0.29) is 4.90 Å². The monoisotopic (exact) mass is 439 g/mol. The van der Waals surface area contributed by atoms with E-state index in [2.05, 4.69) is 0 Å². The predicted octanol–water partition coefficient (Wildman–Crippen LogP) is 3.83. The number of nitrogens with zero attached hydrogens (tertiary/aromatic N) is 1. The van der Waals surface area contributed by atoms with Crippen molar-refractivity contribution in [2.75, 3.05) is 39.5 Å². The number of hydrogen-bond acceptors (Lipinski definition) is 5. The van der Waals surface area contributed by atoms with Crippen LogP contribution in [0.25, 0.3) is 11.1 Å². The molecule has 0 saturated carbocycles. The van der Waals surface area contributed by atoms with E-state index in [9.17, 15) is 8.42 Å². The molecule has 1 aliphatic heterocycles. The molecule has 0 unspecified atom stereocenters. The fraction of sp³-hybridized carbons (Fsp3) is 0.250. The van der Waals surface area contributed by atoms with Crippen molar-refractivity contribution in [3.63, 3.8) is 0 Å². The first-order valence-electron chi connectivity index (χ1n) is 10.2. The molecule has 1 saturated heterocycles. The van der Waals surface area contributed by atoms with Crippen molar-refractivity contribution >= 4 is 10.0 Å². The Balaban J connectivity index is 1.32. The fourth-order valence-electron chi connectivity index (χ4n) is 3.40. The van der Waals surface area contributed by atoms with Crippen LogP contribution in [0.4, 0.5) is 0 Å². The van der Waals surface area contributed by atoms with Crippen LogP contribution in [0.1, 0.15) is 0 Å². The summed E-state index contributed by atoms with van der Waals surface area (Å²) in [6.07, 6.45) is 0. The number of sulfonamides is 1. The average Bonchev–Trinajstić information content (AvgIpc) is 2.83. The minimum absolute atomic E-state index is 0.259. The Morgan fingerprint density at radius 2 is 1.42 bits per heavy atom. The maximum absolute atomic E-state index is 12.7. The lowest BCUT2D eigenvalue weighted by molar-refractivity contribution is 0.0730. The van der Waals surface area contributed by atoms with Crippen LogP contribution in [0.3, 0.4) is 0 Å². The number of para-hydroxylation sites is 1.